The van der Waals surface area contributed by atoms with Gasteiger partial charge in [-0.1, -0.05) is 13.8 Å². The Hall–Kier alpha value is -0.900. The van der Waals surface area contributed by atoms with Gasteiger partial charge in [0.2, 0.25) is 5.91 Å². The number of aromatic nitrogens is 1. The summed E-state index contributed by atoms with van der Waals surface area (Å²) in [5, 5.41) is 2.79. The van der Waals surface area contributed by atoms with E-state index in [1.165, 1.54) is 0 Å². The van der Waals surface area contributed by atoms with E-state index in [9.17, 15) is 4.79 Å². The first-order valence-electron chi connectivity index (χ1n) is 5.41. The van der Waals surface area contributed by atoms with Crippen molar-refractivity contribution in [2.24, 2.45) is 5.92 Å². The number of halogens is 1. The van der Waals surface area contributed by atoms with Crippen LogP contribution in [0.2, 0.25) is 0 Å². The lowest BCUT2D eigenvalue weighted by Gasteiger charge is -2.07. The number of anilines is 1. The van der Waals surface area contributed by atoms with Crippen molar-refractivity contribution in [3.8, 4) is 0 Å². The number of carbonyl (C=O) groups is 1. The lowest BCUT2D eigenvalue weighted by atomic mass is 10.1. The first-order valence-corrected chi connectivity index (χ1v) is 6.20. The van der Waals surface area contributed by atoms with Crippen molar-refractivity contribution in [1.82, 2.24) is 4.98 Å². The van der Waals surface area contributed by atoms with Crippen molar-refractivity contribution in [2.45, 2.75) is 33.6 Å². The number of carbonyl (C=O) groups excluding carboxylic acids is 1. The van der Waals surface area contributed by atoms with Gasteiger partial charge in [-0.15, -0.1) is 0 Å². The third kappa shape index (κ3) is 4.31. The van der Waals surface area contributed by atoms with E-state index in [-0.39, 0.29) is 5.91 Å². The van der Waals surface area contributed by atoms with Gasteiger partial charge in [0.15, 0.2) is 0 Å². The fourth-order valence-electron chi connectivity index (χ4n) is 1.23. The third-order valence-electron chi connectivity index (χ3n) is 2.26. The number of rotatable bonds is 4. The van der Waals surface area contributed by atoms with Crippen molar-refractivity contribution in [3.63, 3.8) is 0 Å². The number of pyridine rings is 1. The molecule has 0 aliphatic heterocycles. The largest absolute Gasteiger partial charge is 0.311 e. The Kier molecular flexibility index (Phi) is 4.93. The van der Waals surface area contributed by atoms with Crippen LogP contribution < -0.4 is 5.32 Å². The molecule has 0 saturated heterocycles. The first-order chi connectivity index (χ1) is 7.49. The fourth-order valence-corrected chi connectivity index (χ4v) is 1.45. The lowest BCUT2D eigenvalue weighted by Crippen LogP contribution is -2.13. The molecule has 4 heteroatoms. The van der Waals surface area contributed by atoms with Gasteiger partial charge in [0.25, 0.3) is 0 Å². The molecule has 1 amide bonds. The highest BCUT2D eigenvalue weighted by Crippen LogP contribution is 2.17. The summed E-state index contributed by atoms with van der Waals surface area (Å²) in [5.74, 6) is 1.20. The van der Waals surface area contributed by atoms with Crippen LogP contribution >= 0.6 is 15.9 Å². The molecule has 1 N–H and O–H groups in total. The van der Waals surface area contributed by atoms with E-state index in [0.29, 0.717) is 18.2 Å². The number of amides is 1. The van der Waals surface area contributed by atoms with Gasteiger partial charge in [-0.05, 0) is 46.8 Å². The van der Waals surface area contributed by atoms with E-state index in [4.69, 9.17) is 0 Å². The maximum Gasteiger partial charge on any atom is 0.225 e. The average molecular weight is 285 g/mol. The third-order valence-corrected chi connectivity index (χ3v) is 3.09. The van der Waals surface area contributed by atoms with Crippen LogP contribution in [0.5, 0.6) is 0 Å². The molecule has 0 aliphatic rings. The number of aryl methyl sites for hydroxylation is 1. The summed E-state index contributed by atoms with van der Waals surface area (Å²) in [6, 6.07) is 1.86. The minimum Gasteiger partial charge on any atom is -0.311 e. The highest BCUT2D eigenvalue weighted by molar-refractivity contribution is 9.10. The second kappa shape index (κ2) is 5.99. The van der Waals surface area contributed by atoms with Gasteiger partial charge in [0.05, 0.1) is 0 Å². The molecule has 1 aromatic heterocycles. The predicted octanol–water partition coefficient (Wildman–Crippen LogP) is 3.53. The summed E-state index contributed by atoms with van der Waals surface area (Å²) in [5.41, 5.74) is 1.06. The molecular weight excluding hydrogens is 268 g/mol. The molecule has 1 rings (SSSR count). The summed E-state index contributed by atoms with van der Waals surface area (Å²) in [7, 11) is 0. The van der Waals surface area contributed by atoms with Gasteiger partial charge in [0, 0.05) is 17.1 Å². The molecule has 0 radical (unpaired) electrons. The maximum absolute atomic E-state index is 11.6. The predicted molar refractivity (Wildman–Crippen MR) is 69.4 cm³/mol. The molecule has 1 aromatic rings. The number of nitrogens with zero attached hydrogens (tertiary/aromatic N) is 1. The Balaban J connectivity index is 2.53. The van der Waals surface area contributed by atoms with Gasteiger partial charge in [-0.2, -0.15) is 0 Å². The zero-order chi connectivity index (χ0) is 12.1. The second-order valence-electron chi connectivity index (χ2n) is 4.30. The van der Waals surface area contributed by atoms with Crippen molar-refractivity contribution < 1.29 is 4.79 Å². The highest BCUT2D eigenvalue weighted by atomic mass is 79.9. The zero-order valence-corrected chi connectivity index (χ0v) is 11.5. The van der Waals surface area contributed by atoms with Gasteiger partial charge >= 0.3 is 0 Å². The van der Waals surface area contributed by atoms with Crippen LogP contribution in [0.3, 0.4) is 0 Å². The summed E-state index contributed by atoms with van der Waals surface area (Å²) >= 11 is 3.37. The van der Waals surface area contributed by atoms with Gasteiger partial charge in [-0.25, -0.2) is 4.98 Å². The van der Waals surface area contributed by atoms with E-state index in [1.54, 1.807) is 6.20 Å². The Bertz CT molecular complexity index is 377. The van der Waals surface area contributed by atoms with Crippen LogP contribution in [-0.4, -0.2) is 10.9 Å². The second-order valence-corrected chi connectivity index (χ2v) is 5.15. The monoisotopic (exact) mass is 284 g/mol. The van der Waals surface area contributed by atoms with E-state index in [2.05, 4.69) is 40.1 Å². The molecule has 1 heterocycles. The van der Waals surface area contributed by atoms with Crippen LogP contribution in [0.1, 0.15) is 32.3 Å². The SMILES string of the molecule is Cc1cc(NC(=O)CCC(C)C)ncc1Br. The van der Waals surface area contributed by atoms with Crippen molar-refractivity contribution in [3.05, 3.63) is 22.3 Å². The number of hydrogen-bond acceptors (Lipinski definition) is 2. The normalized spacial score (nSPS) is 10.6. The average Bonchev–Trinajstić information content (AvgIpc) is 2.21. The van der Waals surface area contributed by atoms with Gasteiger partial charge in [-0.3, -0.25) is 4.79 Å². The summed E-state index contributed by atoms with van der Waals surface area (Å²) < 4.78 is 0.952. The molecule has 0 unspecified atom stereocenters. The minimum atomic E-state index is 0.0305. The molecule has 0 spiro atoms. The molecule has 88 valence electrons. The lowest BCUT2D eigenvalue weighted by molar-refractivity contribution is -0.116. The van der Waals surface area contributed by atoms with Crippen LogP contribution in [0.15, 0.2) is 16.7 Å². The van der Waals surface area contributed by atoms with E-state index in [1.807, 2.05) is 13.0 Å². The topological polar surface area (TPSA) is 42.0 Å². The van der Waals surface area contributed by atoms with Gasteiger partial charge in [0.1, 0.15) is 5.82 Å². The van der Waals surface area contributed by atoms with E-state index < -0.39 is 0 Å². The molecule has 3 nitrogen and oxygen atoms in total. The van der Waals surface area contributed by atoms with Crippen LogP contribution in [0, 0.1) is 12.8 Å². The Morgan fingerprint density at radius 2 is 2.25 bits per heavy atom. The van der Waals surface area contributed by atoms with Gasteiger partial charge < -0.3 is 5.32 Å². The molecule has 0 aromatic carbocycles. The summed E-state index contributed by atoms with van der Waals surface area (Å²) in [6.45, 7) is 6.18. The van der Waals surface area contributed by atoms with Crippen molar-refractivity contribution in [2.75, 3.05) is 5.32 Å². The number of hydrogen-bond donors (Lipinski definition) is 1. The molecular formula is C12H17BrN2O. The van der Waals surface area contributed by atoms with Crippen LogP contribution in [0.4, 0.5) is 5.82 Å². The van der Waals surface area contributed by atoms with Crippen LogP contribution in [0.25, 0.3) is 0 Å². The van der Waals surface area contributed by atoms with Crippen molar-refractivity contribution in [1.29, 1.82) is 0 Å². The van der Waals surface area contributed by atoms with E-state index >= 15 is 0 Å². The fraction of sp³-hybridized carbons (Fsp3) is 0.500. The molecule has 0 atom stereocenters. The van der Waals surface area contributed by atoms with Crippen molar-refractivity contribution >= 4 is 27.7 Å². The molecule has 0 bridgehead atoms. The maximum atomic E-state index is 11.6. The Morgan fingerprint density at radius 3 is 2.81 bits per heavy atom. The highest BCUT2D eigenvalue weighted by Gasteiger charge is 2.05. The number of nitrogens with one attached hydrogen (secondary N) is 1. The summed E-state index contributed by atoms with van der Waals surface area (Å²) in [4.78, 5) is 15.7. The van der Waals surface area contributed by atoms with E-state index in [0.717, 1.165) is 16.5 Å². The summed E-state index contributed by atoms with van der Waals surface area (Å²) in [6.07, 6.45) is 3.16. The van der Waals surface area contributed by atoms with Crippen LogP contribution in [-0.2, 0) is 4.79 Å². The first kappa shape index (κ1) is 13.2. The molecule has 0 aliphatic carbocycles. The smallest absolute Gasteiger partial charge is 0.225 e. The zero-order valence-electron chi connectivity index (χ0n) is 9.88. The molecule has 0 fully saturated rings. The Labute approximate surface area is 105 Å². The Morgan fingerprint density at radius 1 is 1.56 bits per heavy atom. The standard InChI is InChI=1S/C12H17BrN2O/c1-8(2)4-5-12(16)15-11-6-9(3)10(13)7-14-11/h6-8H,4-5H2,1-3H3,(H,14,15,16). The minimum absolute atomic E-state index is 0.0305. The molecule has 0 saturated carbocycles. The quantitative estimate of drug-likeness (QED) is 0.919. The molecule has 16 heavy (non-hydrogen) atoms.